The topological polar surface area (TPSA) is 62.4 Å². The molecule has 0 aliphatic carbocycles. The molecule has 0 unspecified atom stereocenters. The van der Waals surface area contributed by atoms with Crippen molar-refractivity contribution in [3.63, 3.8) is 0 Å². The average Bonchev–Trinajstić information content (AvgIpc) is 2.46. The third-order valence-electron chi connectivity index (χ3n) is 3.74. The van der Waals surface area contributed by atoms with Gasteiger partial charge >= 0.3 is 0 Å². The quantitative estimate of drug-likeness (QED) is 0.799. The second-order valence-electron chi connectivity index (χ2n) is 5.24. The van der Waals surface area contributed by atoms with Gasteiger partial charge in [-0.05, 0) is 37.9 Å². The molecular weight excluding hydrogens is 278 g/mol. The van der Waals surface area contributed by atoms with Crippen LogP contribution in [-0.2, 0) is 4.79 Å². The minimum Gasteiger partial charge on any atom is -0.482 e. The zero-order chi connectivity index (χ0) is 13.9. The number of rotatable bonds is 3. The first-order valence-corrected chi connectivity index (χ1v) is 7.31. The van der Waals surface area contributed by atoms with Crippen LogP contribution >= 0.6 is 11.6 Å². The molecule has 1 aromatic carbocycles. The van der Waals surface area contributed by atoms with E-state index in [2.05, 4.69) is 16.0 Å². The molecule has 2 heterocycles. The van der Waals surface area contributed by atoms with Gasteiger partial charge in [0.15, 0.2) is 6.61 Å². The Bertz CT molecular complexity index is 515. The number of halogens is 1. The van der Waals surface area contributed by atoms with E-state index in [-0.39, 0.29) is 12.5 Å². The molecule has 1 fully saturated rings. The summed E-state index contributed by atoms with van der Waals surface area (Å²) in [5, 5.41) is 10.1. The normalized spacial score (nSPS) is 18.9. The SMILES string of the molecule is O=C1COc2cc(NCC3CCNCC3)c(Cl)cc2N1. The molecule has 6 heteroatoms. The molecule has 1 aromatic rings. The van der Waals surface area contributed by atoms with Gasteiger partial charge in [0, 0.05) is 12.6 Å². The number of hydrogen-bond donors (Lipinski definition) is 3. The van der Waals surface area contributed by atoms with Crippen molar-refractivity contribution >= 4 is 28.9 Å². The number of piperidine rings is 1. The fraction of sp³-hybridized carbons (Fsp3) is 0.500. The number of nitrogens with one attached hydrogen (secondary N) is 3. The fourth-order valence-corrected chi connectivity index (χ4v) is 2.81. The summed E-state index contributed by atoms with van der Waals surface area (Å²) in [6.45, 7) is 3.13. The van der Waals surface area contributed by atoms with Gasteiger partial charge in [-0.15, -0.1) is 0 Å². The van der Waals surface area contributed by atoms with Gasteiger partial charge in [-0.25, -0.2) is 0 Å². The van der Waals surface area contributed by atoms with Gasteiger partial charge in [-0.3, -0.25) is 4.79 Å². The lowest BCUT2D eigenvalue weighted by Crippen LogP contribution is -2.31. The number of ether oxygens (including phenoxy) is 1. The molecule has 0 saturated carbocycles. The predicted molar refractivity (Wildman–Crippen MR) is 79.7 cm³/mol. The maximum atomic E-state index is 11.3. The van der Waals surface area contributed by atoms with Crippen LogP contribution in [0.4, 0.5) is 11.4 Å². The lowest BCUT2D eigenvalue weighted by molar-refractivity contribution is -0.118. The van der Waals surface area contributed by atoms with Gasteiger partial charge in [-0.1, -0.05) is 11.6 Å². The van der Waals surface area contributed by atoms with Crippen molar-refractivity contribution in [1.82, 2.24) is 5.32 Å². The second kappa shape index (κ2) is 5.89. The highest BCUT2D eigenvalue weighted by molar-refractivity contribution is 6.33. The average molecular weight is 296 g/mol. The van der Waals surface area contributed by atoms with Crippen molar-refractivity contribution in [1.29, 1.82) is 0 Å². The molecule has 2 aliphatic rings. The predicted octanol–water partition coefficient (Wildman–Crippen LogP) is 2.08. The van der Waals surface area contributed by atoms with Gasteiger partial charge in [0.25, 0.3) is 5.91 Å². The summed E-state index contributed by atoms with van der Waals surface area (Å²) in [6, 6.07) is 3.59. The summed E-state index contributed by atoms with van der Waals surface area (Å²) in [7, 11) is 0. The molecule has 108 valence electrons. The van der Waals surface area contributed by atoms with E-state index >= 15 is 0 Å². The van der Waals surface area contributed by atoms with E-state index in [0.717, 1.165) is 25.3 Å². The van der Waals surface area contributed by atoms with Crippen LogP contribution in [0.1, 0.15) is 12.8 Å². The number of hydrogen-bond acceptors (Lipinski definition) is 4. The smallest absolute Gasteiger partial charge is 0.262 e. The summed E-state index contributed by atoms with van der Waals surface area (Å²) in [4.78, 5) is 11.3. The minimum absolute atomic E-state index is 0.0579. The monoisotopic (exact) mass is 295 g/mol. The second-order valence-corrected chi connectivity index (χ2v) is 5.65. The lowest BCUT2D eigenvalue weighted by Gasteiger charge is -2.24. The van der Waals surface area contributed by atoms with Crippen LogP contribution in [0, 0.1) is 5.92 Å². The number of benzene rings is 1. The first-order valence-electron chi connectivity index (χ1n) is 6.93. The van der Waals surface area contributed by atoms with Crippen LogP contribution in [0.25, 0.3) is 0 Å². The standard InChI is InChI=1S/C14H18ClN3O2/c15-10-5-12-13(20-8-14(19)18-12)6-11(10)17-7-9-1-3-16-4-2-9/h5-6,9,16-17H,1-4,7-8H2,(H,18,19). The van der Waals surface area contributed by atoms with Gasteiger partial charge in [0.05, 0.1) is 16.4 Å². The first-order chi connectivity index (χ1) is 9.72. The van der Waals surface area contributed by atoms with E-state index in [1.807, 2.05) is 6.07 Å². The molecule has 1 saturated heterocycles. The Kier molecular flexibility index (Phi) is 3.98. The molecule has 1 amide bonds. The van der Waals surface area contributed by atoms with Gasteiger partial charge in [0.2, 0.25) is 0 Å². The maximum absolute atomic E-state index is 11.3. The number of amides is 1. The van der Waals surface area contributed by atoms with E-state index in [4.69, 9.17) is 16.3 Å². The molecule has 3 N–H and O–H groups in total. The van der Waals surface area contributed by atoms with Crippen molar-refractivity contribution in [2.24, 2.45) is 5.92 Å². The Morgan fingerprint density at radius 1 is 1.35 bits per heavy atom. The molecule has 0 atom stereocenters. The van der Waals surface area contributed by atoms with E-state index in [9.17, 15) is 4.79 Å². The summed E-state index contributed by atoms with van der Waals surface area (Å²) >= 11 is 6.24. The number of anilines is 2. The Morgan fingerprint density at radius 2 is 2.15 bits per heavy atom. The number of carbonyl (C=O) groups is 1. The van der Waals surface area contributed by atoms with E-state index < -0.39 is 0 Å². The number of fused-ring (bicyclic) bond motifs is 1. The van der Waals surface area contributed by atoms with Crippen molar-refractivity contribution in [2.75, 3.05) is 36.9 Å². The highest BCUT2D eigenvalue weighted by Crippen LogP contribution is 2.36. The molecule has 0 bridgehead atoms. The highest BCUT2D eigenvalue weighted by Gasteiger charge is 2.19. The summed E-state index contributed by atoms with van der Waals surface area (Å²) < 4.78 is 5.40. The third-order valence-corrected chi connectivity index (χ3v) is 4.05. The molecule has 20 heavy (non-hydrogen) atoms. The van der Waals surface area contributed by atoms with Crippen LogP contribution in [0.3, 0.4) is 0 Å². The maximum Gasteiger partial charge on any atom is 0.262 e. The van der Waals surface area contributed by atoms with Crippen LogP contribution in [0.5, 0.6) is 5.75 Å². The largest absolute Gasteiger partial charge is 0.482 e. The van der Waals surface area contributed by atoms with E-state index in [1.54, 1.807) is 6.07 Å². The van der Waals surface area contributed by atoms with Crippen molar-refractivity contribution in [3.05, 3.63) is 17.2 Å². The molecule has 5 nitrogen and oxygen atoms in total. The molecule has 2 aliphatic heterocycles. The van der Waals surface area contributed by atoms with Crippen LogP contribution in [-0.4, -0.2) is 32.1 Å². The zero-order valence-corrected chi connectivity index (χ0v) is 11.9. The Labute approximate surface area is 123 Å². The zero-order valence-electron chi connectivity index (χ0n) is 11.2. The minimum atomic E-state index is -0.149. The molecule has 3 rings (SSSR count). The van der Waals surface area contributed by atoms with Crippen molar-refractivity contribution < 1.29 is 9.53 Å². The Morgan fingerprint density at radius 3 is 2.95 bits per heavy atom. The Hall–Kier alpha value is -1.46. The van der Waals surface area contributed by atoms with Crippen LogP contribution in [0.2, 0.25) is 5.02 Å². The van der Waals surface area contributed by atoms with E-state index in [0.29, 0.717) is 22.4 Å². The highest BCUT2D eigenvalue weighted by atomic mass is 35.5. The van der Waals surface area contributed by atoms with Gasteiger partial charge < -0.3 is 20.7 Å². The molecular formula is C14H18ClN3O2. The summed E-state index contributed by atoms with van der Waals surface area (Å²) in [5.74, 6) is 1.19. The molecule has 0 aromatic heterocycles. The van der Waals surface area contributed by atoms with Crippen LogP contribution < -0.4 is 20.7 Å². The van der Waals surface area contributed by atoms with Gasteiger partial charge in [-0.2, -0.15) is 0 Å². The van der Waals surface area contributed by atoms with Crippen molar-refractivity contribution in [2.45, 2.75) is 12.8 Å². The number of carbonyl (C=O) groups excluding carboxylic acids is 1. The first kappa shape index (κ1) is 13.5. The fourth-order valence-electron chi connectivity index (χ4n) is 2.58. The van der Waals surface area contributed by atoms with Crippen molar-refractivity contribution in [3.8, 4) is 5.75 Å². The van der Waals surface area contributed by atoms with Gasteiger partial charge in [0.1, 0.15) is 5.75 Å². The third kappa shape index (κ3) is 2.99. The lowest BCUT2D eigenvalue weighted by atomic mass is 9.98. The molecule has 0 radical (unpaired) electrons. The Balaban J connectivity index is 1.68. The summed E-state index contributed by atoms with van der Waals surface area (Å²) in [5.41, 5.74) is 1.50. The van der Waals surface area contributed by atoms with Crippen LogP contribution in [0.15, 0.2) is 12.1 Å². The summed E-state index contributed by atoms with van der Waals surface area (Å²) in [6.07, 6.45) is 2.37. The van der Waals surface area contributed by atoms with E-state index in [1.165, 1.54) is 12.8 Å². The molecule has 0 spiro atoms.